The minimum Gasteiger partial charge on any atom is -0.304 e. The van der Waals surface area contributed by atoms with Gasteiger partial charge in [-0.3, -0.25) is 0 Å². The second-order valence-corrected chi connectivity index (χ2v) is 9.93. The van der Waals surface area contributed by atoms with Gasteiger partial charge in [0.15, 0.2) is 5.65 Å². The van der Waals surface area contributed by atoms with Crippen molar-refractivity contribution in [1.29, 1.82) is 0 Å². The number of aromatic nitrogens is 4. The minimum atomic E-state index is 0.811. The standard InChI is InChI=1S/C36H24N4/c1-4-14-25(15-5-1)30-24-33(26-16-6-2-7-17-26)40-36(37-30)35(34(38-40)27-18-8-3-9-19-27)39-31-22-12-10-20-28(31)29-21-11-13-23-32(29)39/h1-24H. The molecule has 3 heterocycles. The zero-order valence-electron chi connectivity index (χ0n) is 21.6. The molecule has 8 aromatic rings. The van der Waals surface area contributed by atoms with E-state index in [0.29, 0.717) is 0 Å². The molecule has 4 heteroatoms. The van der Waals surface area contributed by atoms with E-state index in [9.17, 15) is 0 Å². The summed E-state index contributed by atoms with van der Waals surface area (Å²) in [6.07, 6.45) is 0. The molecule has 0 N–H and O–H groups in total. The molecule has 3 aromatic heterocycles. The lowest BCUT2D eigenvalue weighted by atomic mass is 10.1. The first-order valence-corrected chi connectivity index (χ1v) is 13.5. The Kier molecular flexibility index (Phi) is 5.10. The van der Waals surface area contributed by atoms with Crippen LogP contribution in [-0.2, 0) is 0 Å². The van der Waals surface area contributed by atoms with Gasteiger partial charge in [0.1, 0.15) is 11.4 Å². The molecule has 4 nitrogen and oxygen atoms in total. The molecule has 188 valence electrons. The molecule has 0 saturated carbocycles. The summed E-state index contributed by atoms with van der Waals surface area (Å²) in [6, 6.07) is 50.6. The molecule has 40 heavy (non-hydrogen) atoms. The fraction of sp³-hybridized carbons (Fsp3) is 0. The second kappa shape index (κ2) is 9.07. The molecule has 0 aliphatic carbocycles. The highest BCUT2D eigenvalue weighted by atomic mass is 15.3. The Morgan fingerprint density at radius 2 is 0.975 bits per heavy atom. The maximum atomic E-state index is 5.33. The van der Waals surface area contributed by atoms with Gasteiger partial charge in [-0.05, 0) is 18.2 Å². The van der Waals surface area contributed by atoms with Crippen LogP contribution in [0.1, 0.15) is 0 Å². The zero-order chi connectivity index (χ0) is 26.5. The largest absolute Gasteiger partial charge is 0.304 e. The third-order valence-electron chi connectivity index (χ3n) is 7.55. The third-order valence-corrected chi connectivity index (χ3v) is 7.55. The molecule has 0 radical (unpaired) electrons. The zero-order valence-corrected chi connectivity index (χ0v) is 21.6. The molecule has 5 aromatic carbocycles. The van der Waals surface area contributed by atoms with Gasteiger partial charge in [-0.25, -0.2) is 9.50 Å². The normalized spacial score (nSPS) is 11.5. The second-order valence-electron chi connectivity index (χ2n) is 9.93. The van der Waals surface area contributed by atoms with Gasteiger partial charge < -0.3 is 4.57 Å². The Morgan fingerprint density at radius 1 is 0.475 bits per heavy atom. The molecule has 0 fully saturated rings. The number of rotatable bonds is 4. The fourth-order valence-electron chi connectivity index (χ4n) is 5.74. The molecule has 0 atom stereocenters. The van der Waals surface area contributed by atoms with Crippen molar-refractivity contribution >= 4 is 27.5 Å². The summed E-state index contributed by atoms with van der Waals surface area (Å²) >= 11 is 0. The summed E-state index contributed by atoms with van der Waals surface area (Å²) in [6.45, 7) is 0. The van der Waals surface area contributed by atoms with E-state index in [2.05, 4.69) is 132 Å². The summed E-state index contributed by atoms with van der Waals surface area (Å²) in [5.41, 5.74) is 10.0. The van der Waals surface area contributed by atoms with Gasteiger partial charge in [-0.2, -0.15) is 5.10 Å². The maximum Gasteiger partial charge on any atom is 0.181 e. The van der Waals surface area contributed by atoms with Crippen LogP contribution in [0.15, 0.2) is 146 Å². The van der Waals surface area contributed by atoms with Gasteiger partial charge in [0, 0.05) is 27.5 Å². The van der Waals surface area contributed by atoms with E-state index < -0.39 is 0 Å². The Balaban J connectivity index is 1.58. The van der Waals surface area contributed by atoms with Crippen molar-refractivity contribution in [3.8, 4) is 39.5 Å². The monoisotopic (exact) mass is 512 g/mol. The van der Waals surface area contributed by atoms with E-state index in [0.717, 1.165) is 56.1 Å². The third kappa shape index (κ3) is 3.47. The number of hydrogen-bond donors (Lipinski definition) is 0. The topological polar surface area (TPSA) is 35.1 Å². The fourth-order valence-corrected chi connectivity index (χ4v) is 5.74. The molecule has 0 bridgehead atoms. The molecule has 8 rings (SSSR count). The van der Waals surface area contributed by atoms with Crippen LogP contribution >= 0.6 is 0 Å². The first kappa shape index (κ1) is 22.5. The van der Waals surface area contributed by atoms with Gasteiger partial charge in [0.05, 0.1) is 22.4 Å². The number of benzene rings is 5. The predicted octanol–water partition coefficient (Wildman–Crippen LogP) is 8.83. The van der Waals surface area contributed by atoms with E-state index in [1.54, 1.807) is 0 Å². The van der Waals surface area contributed by atoms with E-state index in [1.165, 1.54) is 10.8 Å². The molecular weight excluding hydrogens is 488 g/mol. The quantitative estimate of drug-likeness (QED) is 0.236. The smallest absolute Gasteiger partial charge is 0.181 e. The average molecular weight is 513 g/mol. The van der Waals surface area contributed by atoms with Crippen LogP contribution in [0.5, 0.6) is 0 Å². The summed E-state index contributed by atoms with van der Waals surface area (Å²) in [4.78, 5) is 5.33. The lowest BCUT2D eigenvalue weighted by Crippen LogP contribution is -2.01. The van der Waals surface area contributed by atoms with Gasteiger partial charge in [-0.1, -0.05) is 127 Å². The van der Waals surface area contributed by atoms with Gasteiger partial charge in [-0.15, -0.1) is 0 Å². The lowest BCUT2D eigenvalue weighted by molar-refractivity contribution is 0.953. The van der Waals surface area contributed by atoms with Crippen molar-refractivity contribution in [2.45, 2.75) is 0 Å². The Bertz CT molecular complexity index is 2090. The molecule has 0 saturated heterocycles. The number of nitrogens with zero attached hydrogens (tertiary/aromatic N) is 4. The SMILES string of the molecule is c1ccc(-c2cc(-c3ccccc3)n3nc(-c4ccccc4)c(-n4c5ccccc5c5ccccc54)c3n2)cc1. The highest BCUT2D eigenvalue weighted by Crippen LogP contribution is 2.39. The number of para-hydroxylation sites is 2. The Hall–Kier alpha value is -5.48. The van der Waals surface area contributed by atoms with Gasteiger partial charge in [0.2, 0.25) is 0 Å². The van der Waals surface area contributed by atoms with Gasteiger partial charge in [0.25, 0.3) is 0 Å². The van der Waals surface area contributed by atoms with Crippen LogP contribution in [-0.4, -0.2) is 19.2 Å². The summed E-state index contributed by atoms with van der Waals surface area (Å²) in [5.74, 6) is 0. The first-order valence-electron chi connectivity index (χ1n) is 13.5. The van der Waals surface area contributed by atoms with Crippen molar-refractivity contribution in [2.75, 3.05) is 0 Å². The van der Waals surface area contributed by atoms with Crippen LogP contribution in [0, 0.1) is 0 Å². The molecule has 0 aliphatic heterocycles. The summed E-state index contributed by atoms with van der Waals surface area (Å²) in [5, 5.41) is 7.71. The minimum absolute atomic E-state index is 0.811. The van der Waals surface area contributed by atoms with Crippen molar-refractivity contribution in [1.82, 2.24) is 19.2 Å². The van der Waals surface area contributed by atoms with Crippen molar-refractivity contribution in [3.63, 3.8) is 0 Å². The molecule has 0 unspecified atom stereocenters. The van der Waals surface area contributed by atoms with E-state index >= 15 is 0 Å². The molecule has 0 aliphatic rings. The van der Waals surface area contributed by atoms with E-state index in [4.69, 9.17) is 10.1 Å². The highest BCUT2D eigenvalue weighted by molar-refractivity contribution is 6.10. The highest BCUT2D eigenvalue weighted by Gasteiger charge is 2.24. The van der Waals surface area contributed by atoms with Gasteiger partial charge >= 0.3 is 0 Å². The summed E-state index contributed by atoms with van der Waals surface area (Å²) < 4.78 is 4.36. The number of hydrogen-bond acceptors (Lipinski definition) is 2. The first-order chi connectivity index (χ1) is 19.9. The Morgan fingerprint density at radius 3 is 1.57 bits per heavy atom. The predicted molar refractivity (Wildman–Crippen MR) is 164 cm³/mol. The van der Waals surface area contributed by atoms with Crippen LogP contribution in [0.25, 0.3) is 66.9 Å². The van der Waals surface area contributed by atoms with E-state index in [-0.39, 0.29) is 0 Å². The van der Waals surface area contributed by atoms with Crippen molar-refractivity contribution in [2.24, 2.45) is 0 Å². The molecule has 0 spiro atoms. The maximum absolute atomic E-state index is 5.33. The molecule has 0 amide bonds. The van der Waals surface area contributed by atoms with Crippen molar-refractivity contribution < 1.29 is 0 Å². The summed E-state index contributed by atoms with van der Waals surface area (Å²) in [7, 11) is 0. The van der Waals surface area contributed by atoms with Crippen molar-refractivity contribution in [3.05, 3.63) is 146 Å². The lowest BCUT2D eigenvalue weighted by Gasteiger charge is -2.11. The van der Waals surface area contributed by atoms with E-state index in [1.807, 2.05) is 22.7 Å². The molecular formula is C36H24N4. The van der Waals surface area contributed by atoms with Crippen LogP contribution in [0.4, 0.5) is 0 Å². The van der Waals surface area contributed by atoms with Crippen LogP contribution in [0.3, 0.4) is 0 Å². The Labute approximate surface area is 231 Å². The van der Waals surface area contributed by atoms with Crippen LogP contribution in [0.2, 0.25) is 0 Å². The number of fused-ring (bicyclic) bond motifs is 4. The average Bonchev–Trinajstić information content (AvgIpc) is 3.57. The van der Waals surface area contributed by atoms with Crippen LogP contribution < -0.4 is 0 Å².